The van der Waals surface area contributed by atoms with Crippen LogP contribution in [-0.4, -0.2) is 18.1 Å². The molecule has 0 heterocycles. The normalized spacial score (nSPS) is 17.3. The van der Waals surface area contributed by atoms with Crippen LogP contribution in [-0.2, 0) is 4.79 Å². The Kier molecular flexibility index (Phi) is 5.87. The van der Waals surface area contributed by atoms with Gasteiger partial charge in [0, 0.05) is 6.04 Å². The lowest BCUT2D eigenvalue weighted by atomic mass is 9.95. The summed E-state index contributed by atoms with van der Waals surface area (Å²) in [6.45, 7) is 8.17. The van der Waals surface area contributed by atoms with Gasteiger partial charge in [-0.2, -0.15) is 0 Å². The second kappa shape index (κ2) is 7.66. The Bertz CT molecular complexity index is 504. The highest BCUT2D eigenvalue weighted by atomic mass is 16.5. The van der Waals surface area contributed by atoms with Crippen LogP contribution >= 0.6 is 0 Å². The van der Waals surface area contributed by atoms with E-state index in [4.69, 9.17) is 4.74 Å². The molecule has 0 aliphatic heterocycles. The lowest BCUT2D eigenvalue weighted by Gasteiger charge is -2.25. The lowest BCUT2D eigenvalue weighted by Crippen LogP contribution is -2.43. The minimum atomic E-state index is -0.457. The van der Waals surface area contributed by atoms with Crippen LogP contribution in [0, 0.1) is 6.92 Å². The van der Waals surface area contributed by atoms with Gasteiger partial charge >= 0.3 is 0 Å². The van der Waals surface area contributed by atoms with Crippen LogP contribution in [0.1, 0.15) is 69.9 Å². The third-order valence-electron chi connectivity index (χ3n) is 4.42. The van der Waals surface area contributed by atoms with Crippen molar-refractivity contribution < 1.29 is 9.53 Å². The molecule has 2 rings (SSSR count). The molecule has 1 fully saturated rings. The van der Waals surface area contributed by atoms with E-state index >= 15 is 0 Å². The van der Waals surface area contributed by atoms with Crippen molar-refractivity contribution in [2.45, 2.75) is 77.9 Å². The average Bonchev–Trinajstić information content (AvgIpc) is 2.48. The number of hydrogen-bond acceptors (Lipinski definition) is 2. The van der Waals surface area contributed by atoms with E-state index < -0.39 is 6.10 Å². The van der Waals surface area contributed by atoms with Gasteiger partial charge in [0.1, 0.15) is 5.75 Å². The zero-order valence-electron chi connectivity index (χ0n) is 14.3. The number of aryl methyl sites for hydroxylation is 1. The predicted octanol–water partition coefficient (Wildman–Crippen LogP) is 4.33. The van der Waals surface area contributed by atoms with Gasteiger partial charge in [0.2, 0.25) is 0 Å². The molecule has 22 heavy (non-hydrogen) atoms. The van der Waals surface area contributed by atoms with Crippen molar-refractivity contribution >= 4 is 5.91 Å². The van der Waals surface area contributed by atoms with Crippen molar-refractivity contribution in [3.05, 3.63) is 29.3 Å². The van der Waals surface area contributed by atoms with Gasteiger partial charge in [-0.05, 0) is 49.8 Å². The number of carbonyl (C=O) groups excluding carboxylic acids is 1. The molecule has 1 saturated carbocycles. The van der Waals surface area contributed by atoms with E-state index in [9.17, 15) is 4.79 Å². The van der Waals surface area contributed by atoms with Gasteiger partial charge in [-0.25, -0.2) is 0 Å². The molecule has 0 unspecified atom stereocenters. The van der Waals surface area contributed by atoms with Gasteiger partial charge < -0.3 is 10.1 Å². The largest absolute Gasteiger partial charge is 0.481 e. The second-order valence-corrected chi connectivity index (χ2v) is 6.80. The second-order valence-electron chi connectivity index (χ2n) is 6.80. The summed E-state index contributed by atoms with van der Waals surface area (Å²) in [5.41, 5.74) is 2.31. The minimum absolute atomic E-state index is 0.00288. The topological polar surface area (TPSA) is 38.3 Å². The molecule has 0 bridgehead atoms. The van der Waals surface area contributed by atoms with Crippen LogP contribution in [0.4, 0.5) is 0 Å². The summed E-state index contributed by atoms with van der Waals surface area (Å²) in [6, 6.07) is 6.55. The van der Waals surface area contributed by atoms with Crippen molar-refractivity contribution in [2.24, 2.45) is 0 Å². The summed E-state index contributed by atoms with van der Waals surface area (Å²) in [5.74, 6) is 1.22. The van der Waals surface area contributed by atoms with Gasteiger partial charge in [-0.1, -0.05) is 45.2 Å². The number of benzene rings is 1. The fourth-order valence-corrected chi connectivity index (χ4v) is 3.03. The summed E-state index contributed by atoms with van der Waals surface area (Å²) in [7, 11) is 0. The maximum Gasteiger partial charge on any atom is 0.260 e. The molecule has 3 nitrogen and oxygen atoms in total. The highest BCUT2D eigenvalue weighted by molar-refractivity contribution is 5.81. The Morgan fingerprint density at radius 3 is 2.50 bits per heavy atom. The first kappa shape index (κ1) is 16.9. The molecule has 122 valence electrons. The minimum Gasteiger partial charge on any atom is -0.481 e. The van der Waals surface area contributed by atoms with Crippen molar-refractivity contribution in [3.8, 4) is 5.75 Å². The average molecular weight is 303 g/mol. The van der Waals surface area contributed by atoms with E-state index in [0.717, 1.165) is 29.7 Å². The zero-order chi connectivity index (χ0) is 16.1. The van der Waals surface area contributed by atoms with E-state index in [-0.39, 0.29) is 5.91 Å². The Balaban J connectivity index is 1.99. The number of nitrogens with one attached hydrogen (secondary N) is 1. The summed E-state index contributed by atoms with van der Waals surface area (Å²) in [4.78, 5) is 12.3. The van der Waals surface area contributed by atoms with E-state index in [1.807, 2.05) is 19.9 Å². The quantitative estimate of drug-likeness (QED) is 0.879. The van der Waals surface area contributed by atoms with Crippen molar-refractivity contribution in [2.75, 3.05) is 0 Å². The summed E-state index contributed by atoms with van der Waals surface area (Å²) < 4.78 is 5.98. The van der Waals surface area contributed by atoms with Crippen LogP contribution in [0.3, 0.4) is 0 Å². The molecule has 1 aliphatic rings. The molecule has 1 atom stereocenters. The maximum atomic E-state index is 12.3. The molecule has 1 aromatic rings. The summed E-state index contributed by atoms with van der Waals surface area (Å²) >= 11 is 0. The van der Waals surface area contributed by atoms with Gasteiger partial charge in [0.15, 0.2) is 6.10 Å². The lowest BCUT2D eigenvalue weighted by molar-refractivity contribution is -0.128. The monoisotopic (exact) mass is 303 g/mol. The molecule has 0 spiro atoms. The zero-order valence-corrected chi connectivity index (χ0v) is 14.3. The fourth-order valence-electron chi connectivity index (χ4n) is 3.03. The van der Waals surface area contributed by atoms with Crippen LogP contribution in [0.2, 0.25) is 0 Å². The SMILES string of the molecule is Cc1ccc(C(C)C)c(O[C@H](C)C(=O)NC2CCCCC2)c1. The van der Waals surface area contributed by atoms with Crippen molar-refractivity contribution in [1.29, 1.82) is 0 Å². The van der Waals surface area contributed by atoms with Gasteiger partial charge in [0.25, 0.3) is 5.91 Å². The highest BCUT2D eigenvalue weighted by Gasteiger charge is 2.21. The van der Waals surface area contributed by atoms with E-state index in [1.54, 1.807) is 0 Å². The molecule has 1 aliphatic carbocycles. The molecule has 0 radical (unpaired) electrons. The molecule has 1 aromatic carbocycles. The standard InChI is InChI=1S/C19H29NO2/c1-13(2)17-11-10-14(3)12-18(17)22-15(4)19(21)20-16-8-6-5-7-9-16/h10-13,15-16H,5-9H2,1-4H3,(H,20,21)/t15-/m1/s1. The number of rotatable bonds is 5. The first-order valence-corrected chi connectivity index (χ1v) is 8.55. The smallest absolute Gasteiger partial charge is 0.260 e. The molecule has 0 saturated heterocycles. The first-order chi connectivity index (χ1) is 10.5. The molecular formula is C19H29NO2. The fraction of sp³-hybridized carbons (Fsp3) is 0.632. The summed E-state index contributed by atoms with van der Waals surface area (Å²) in [5, 5.41) is 3.14. The predicted molar refractivity (Wildman–Crippen MR) is 90.4 cm³/mol. The Morgan fingerprint density at radius 2 is 1.86 bits per heavy atom. The number of carbonyl (C=O) groups is 1. The third kappa shape index (κ3) is 4.49. The van der Waals surface area contributed by atoms with Crippen LogP contribution in [0.15, 0.2) is 18.2 Å². The molecular weight excluding hydrogens is 274 g/mol. The molecule has 1 amide bonds. The van der Waals surface area contributed by atoms with Crippen LogP contribution in [0.5, 0.6) is 5.75 Å². The summed E-state index contributed by atoms with van der Waals surface area (Å²) in [6.07, 6.45) is 5.46. The van der Waals surface area contributed by atoms with E-state index in [2.05, 4.69) is 31.3 Å². The Labute approximate surface area is 134 Å². The van der Waals surface area contributed by atoms with Gasteiger partial charge in [0.05, 0.1) is 0 Å². The van der Waals surface area contributed by atoms with Crippen LogP contribution < -0.4 is 10.1 Å². The van der Waals surface area contributed by atoms with Crippen molar-refractivity contribution in [3.63, 3.8) is 0 Å². The Hall–Kier alpha value is -1.51. The van der Waals surface area contributed by atoms with Crippen LogP contribution in [0.25, 0.3) is 0 Å². The number of ether oxygens (including phenoxy) is 1. The number of amides is 1. The number of hydrogen-bond donors (Lipinski definition) is 1. The third-order valence-corrected chi connectivity index (χ3v) is 4.42. The Morgan fingerprint density at radius 1 is 1.18 bits per heavy atom. The van der Waals surface area contributed by atoms with Gasteiger partial charge in [-0.15, -0.1) is 0 Å². The first-order valence-electron chi connectivity index (χ1n) is 8.55. The maximum absolute atomic E-state index is 12.3. The highest BCUT2D eigenvalue weighted by Crippen LogP contribution is 2.28. The van der Waals surface area contributed by atoms with Crippen molar-refractivity contribution in [1.82, 2.24) is 5.32 Å². The molecule has 0 aromatic heterocycles. The van der Waals surface area contributed by atoms with E-state index in [0.29, 0.717) is 12.0 Å². The molecule has 1 N–H and O–H groups in total. The van der Waals surface area contributed by atoms with E-state index in [1.165, 1.54) is 19.3 Å². The van der Waals surface area contributed by atoms with Gasteiger partial charge in [-0.3, -0.25) is 4.79 Å². The molecule has 3 heteroatoms.